The summed E-state index contributed by atoms with van der Waals surface area (Å²) in [4.78, 5) is 13.3. The second-order valence-electron chi connectivity index (χ2n) is 6.62. The average molecular weight is 311 g/mol. The van der Waals surface area contributed by atoms with Crippen LogP contribution in [0.1, 0.15) is 36.5 Å². The molecule has 0 saturated carbocycles. The van der Waals surface area contributed by atoms with Crippen molar-refractivity contribution >= 4 is 11.6 Å². The molecule has 122 valence electrons. The van der Waals surface area contributed by atoms with Crippen LogP contribution in [0.2, 0.25) is 0 Å². The van der Waals surface area contributed by atoms with Gasteiger partial charge >= 0.3 is 0 Å². The molecule has 0 aromatic heterocycles. The van der Waals surface area contributed by atoms with Crippen molar-refractivity contribution in [2.24, 2.45) is 0 Å². The molecule has 1 unspecified atom stereocenters. The SMILES string of the molecule is Cc1ccc(NC(=O)C[NH+](C)Cc2ccc(C(C)C)cc2)cc1. The molecule has 0 radical (unpaired) electrons. The first-order valence-electron chi connectivity index (χ1n) is 8.20. The first-order chi connectivity index (χ1) is 10.9. The lowest BCUT2D eigenvalue weighted by Crippen LogP contribution is -3.08. The Morgan fingerprint density at radius 2 is 1.65 bits per heavy atom. The van der Waals surface area contributed by atoms with Gasteiger partial charge in [0.05, 0.1) is 7.05 Å². The molecule has 2 N–H and O–H groups in total. The molecule has 1 atom stereocenters. The van der Waals surface area contributed by atoms with Crippen LogP contribution in [0.4, 0.5) is 5.69 Å². The summed E-state index contributed by atoms with van der Waals surface area (Å²) in [6, 6.07) is 16.6. The zero-order valence-electron chi connectivity index (χ0n) is 14.5. The Morgan fingerprint density at radius 1 is 1.04 bits per heavy atom. The summed E-state index contributed by atoms with van der Waals surface area (Å²) >= 11 is 0. The number of rotatable bonds is 6. The predicted octanol–water partition coefficient (Wildman–Crippen LogP) is 2.77. The predicted molar refractivity (Wildman–Crippen MR) is 95.8 cm³/mol. The van der Waals surface area contributed by atoms with Crippen LogP contribution in [0.3, 0.4) is 0 Å². The topological polar surface area (TPSA) is 33.5 Å². The van der Waals surface area contributed by atoms with Gasteiger partial charge in [-0.3, -0.25) is 4.79 Å². The summed E-state index contributed by atoms with van der Waals surface area (Å²) in [5.74, 6) is 0.597. The van der Waals surface area contributed by atoms with Gasteiger partial charge in [0.2, 0.25) is 0 Å². The fourth-order valence-electron chi connectivity index (χ4n) is 2.55. The summed E-state index contributed by atoms with van der Waals surface area (Å²) in [6.07, 6.45) is 0. The van der Waals surface area contributed by atoms with Crippen molar-refractivity contribution in [3.63, 3.8) is 0 Å². The van der Waals surface area contributed by atoms with Crippen molar-refractivity contribution < 1.29 is 9.69 Å². The summed E-state index contributed by atoms with van der Waals surface area (Å²) in [5.41, 5.74) is 4.66. The molecule has 0 heterocycles. The average Bonchev–Trinajstić information content (AvgIpc) is 2.50. The Labute approximate surface area is 139 Å². The molecule has 0 aliphatic heterocycles. The molecule has 0 aliphatic carbocycles. The lowest BCUT2D eigenvalue weighted by Gasteiger charge is -2.14. The number of hydrogen-bond donors (Lipinski definition) is 2. The van der Waals surface area contributed by atoms with Gasteiger partial charge in [0.1, 0.15) is 6.54 Å². The fraction of sp³-hybridized carbons (Fsp3) is 0.350. The zero-order chi connectivity index (χ0) is 16.8. The summed E-state index contributed by atoms with van der Waals surface area (Å²) in [6.45, 7) is 7.73. The Kier molecular flexibility index (Phi) is 5.94. The van der Waals surface area contributed by atoms with Gasteiger partial charge in [-0.05, 0) is 30.5 Å². The molecule has 3 heteroatoms. The second kappa shape index (κ2) is 7.93. The van der Waals surface area contributed by atoms with E-state index in [-0.39, 0.29) is 5.91 Å². The highest BCUT2D eigenvalue weighted by atomic mass is 16.2. The highest BCUT2D eigenvalue weighted by Crippen LogP contribution is 2.14. The van der Waals surface area contributed by atoms with E-state index in [9.17, 15) is 4.79 Å². The highest BCUT2D eigenvalue weighted by Gasteiger charge is 2.11. The van der Waals surface area contributed by atoms with E-state index in [1.54, 1.807) is 0 Å². The molecular weight excluding hydrogens is 284 g/mol. The van der Waals surface area contributed by atoms with Crippen LogP contribution in [-0.2, 0) is 11.3 Å². The van der Waals surface area contributed by atoms with E-state index in [2.05, 4.69) is 43.4 Å². The van der Waals surface area contributed by atoms with Crippen LogP contribution in [0.25, 0.3) is 0 Å². The van der Waals surface area contributed by atoms with Crippen LogP contribution in [0, 0.1) is 6.92 Å². The summed E-state index contributed by atoms with van der Waals surface area (Å²) in [7, 11) is 2.05. The number of hydrogen-bond acceptors (Lipinski definition) is 1. The molecule has 0 aliphatic rings. The quantitative estimate of drug-likeness (QED) is 0.845. The van der Waals surface area contributed by atoms with Crippen molar-refractivity contribution in [2.75, 3.05) is 18.9 Å². The van der Waals surface area contributed by atoms with Gasteiger partial charge < -0.3 is 10.2 Å². The molecule has 23 heavy (non-hydrogen) atoms. The molecule has 3 nitrogen and oxygen atoms in total. The normalized spacial score (nSPS) is 12.2. The van der Waals surface area contributed by atoms with E-state index in [0.717, 1.165) is 12.2 Å². The van der Waals surface area contributed by atoms with Crippen molar-refractivity contribution in [1.82, 2.24) is 0 Å². The van der Waals surface area contributed by atoms with Crippen molar-refractivity contribution in [2.45, 2.75) is 33.2 Å². The maximum Gasteiger partial charge on any atom is 0.279 e. The van der Waals surface area contributed by atoms with E-state index >= 15 is 0 Å². The molecule has 0 saturated heterocycles. The van der Waals surface area contributed by atoms with Crippen LogP contribution in [0.5, 0.6) is 0 Å². The molecule has 2 rings (SSSR count). The maximum absolute atomic E-state index is 12.1. The maximum atomic E-state index is 12.1. The van der Waals surface area contributed by atoms with Gasteiger partial charge in [-0.15, -0.1) is 0 Å². The minimum Gasteiger partial charge on any atom is -0.326 e. The number of carbonyl (C=O) groups is 1. The second-order valence-corrected chi connectivity index (χ2v) is 6.62. The Bertz CT molecular complexity index is 630. The third-order valence-electron chi connectivity index (χ3n) is 3.95. The third kappa shape index (κ3) is 5.53. The molecule has 1 amide bonds. The number of likely N-dealkylation sites (N-methyl/N-ethyl adjacent to an activating group) is 1. The molecule has 2 aromatic carbocycles. The Morgan fingerprint density at radius 3 is 2.22 bits per heavy atom. The van der Waals surface area contributed by atoms with Crippen LogP contribution < -0.4 is 10.2 Å². The number of quaternary nitrogens is 1. The standard InChI is InChI=1S/C20H26N2O/c1-15(2)18-9-7-17(8-10-18)13-22(4)14-20(23)21-19-11-5-16(3)6-12-19/h5-12,15H,13-14H2,1-4H3,(H,21,23)/p+1. The minimum atomic E-state index is 0.0464. The number of nitrogens with one attached hydrogen (secondary N) is 2. The molecule has 0 bridgehead atoms. The van der Waals surface area contributed by atoms with E-state index in [4.69, 9.17) is 0 Å². The van der Waals surface area contributed by atoms with Gasteiger partial charge in [0, 0.05) is 11.3 Å². The van der Waals surface area contributed by atoms with E-state index < -0.39 is 0 Å². The Hall–Kier alpha value is -2.13. The van der Waals surface area contributed by atoms with Crippen LogP contribution in [-0.4, -0.2) is 19.5 Å². The van der Waals surface area contributed by atoms with Gasteiger partial charge in [0.25, 0.3) is 5.91 Å². The van der Waals surface area contributed by atoms with E-state index in [1.807, 2.05) is 38.2 Å². The monoisotopic (exact) mass is 311 g/mol. The first-order valence-corrected chi connectivity index (χ1v) is 8.20. The van der Waals surface area contributed by atoms with Crippen molar-refractivity contribution in [3.8, 4) is 0 Å². The van der Waals surface area contributed by atoms with Crippen LogP contribution in [0.15, 0.2) is 48.5 Å². The fourth-order valence-corrected chi connectivity index (χ4v) is 2.55. The van der Waals surface area contributed by atoms with Gasteiger partial charge in [-0.1, -0.05) is 55.8 Å². The van der Waals surface area contributed by atoms with E-state index in [0.29, 0.717) is 12.5 Å². The van der Waals surface area contributed by atoms with Crippen LogP contribution >= 0.6 is 0 Å². The number of carbonyl (C=O) groups excluding carboxylic acids is 1. The molecule has 0 spiro atoms. The first kappa shape index (κ1) is 17.2. The largest absolute Gasteiger partial charge is 0.326 e. The summed E-state index contributed by atoms with van der Waals surface area (Å²) in [5, 5.41) is 2.95. The highest BCUT2D eigenvalue weighted by molar-refractivity contribution is 5.91. The van der Waals surface area contributed by atoms with Crippen molar-refractivity contribution in [1.29, 1.82) is 0 Å². The van der Waals surface area contributed by atoms with Gasteiger partial charge in [0.15, 0.2) is 6.54 Å². The third-order valence-corrected chi connectivity index (χ3v) is 3.95. The number of anilines is 1. The van der Waals surface area contributed by atoms with Gasteiger partial charge in [-0.25, -0.2) is 0 Å². The lowest BCUT2D eigenvalue weighted by molar-refractivity contribution is -0.885. The molecular formula is C20H27N2O+. The Balaban J connectivity index is 1.84. The minimum absolute atomic E-state index is 0.0464. The number of benzene rings is 2. The molecule has 0 fully saturated rings. The van der Waals surface area contributed by atoms with Gasteiger partial charge in [-0.2, -0.15) is 0 Å². The lowest BCUT2D eigenvalue weighted by atomic mass is 10.0. The number of aryl methyl sites for hydroxylation is 1. The molecule has 2 aromatic rings. The van der Waals surface area contributed by atoms with Crippen molar-refractivity contribution in [3.05, 3.63) is 65.2 Å². The summed E-state index contributed by atoms with van der Waals surface area (Å²) < 4.78 is 0. The zero-order valence-corrected chi connectivity index (χ0v) is 14.5. The number of amides is 1. The smallest absolute Gasteiger partial charge is 0.279 e. The van der Waals surface area contributed by atoms with E-state index in [1.165, 1.54) is 21.6 Å².